The summed E-state index contributed by atoms with van der Waals surface area (Å²) in [4.78, 5) is 2.63. The lowest BCUT2D eigenvalue weighted by molar-refractivity contribution is 0.332. The van der Waals surface area contributed by atoms with Gasteiger partial charge in [-0.25, -0.2) is 0 Å². The molecule has 0 saturated heterocycles. The van der Waals surface area contributed by atoms with Gasteiger partial charge in [-0.1, -0.05) is 179 Å². The summed E-state index contributed by atoms with van der Waals surface area (Å²) in [5.41, 5.74) is 20.4. The zero-order valence-corrected chi connectivity index (χ0v) is 37.4. The minimum atomic E-state index is -0.533. The maximum absolute atomic E-state index is 6.64. The van der Waals surface area contributed by atoms with Gasteiger partial charge >= 0.3 is 0 Å². The maximum atomic E-state index is 6.64. The van der Waals surface area contributed by atoms with Gasteiger partial charge in [0.15, 0.2) is 7.28 Å². The van der Waals surface area contributed by atoms with Gasteiger partial charge in [-0.3, -0.25) is 0 Å². The van der Waals surface area contributed by atoms with E-state index in [-0.39, 0.29) is 10.8 Å². The van der Waals surface area contributed by atoms with Crippen molar-refractivity contribution in [2.45, 2.75) is 56.8 Å². The maximum Gasteiger partial charge on any atom is 0.198 e. The number of hydrogen-bond donors (Lipinski definition) is 1. The first-order valence-electron chi connectivity index (χ1n) is 23.3. The lowest BCUT2D eigenvalue weighted by Crippen LogP contribution is -2.47. The molecule has 13 rings (SSSR count). The molecule has 65 heavy (non-hydrogen) atoms. The van der Waals surface area contributed by atoms with Crippen LogP contribution in [0.3, 0.4) is 0 Å². The molecule has 10 aromatic rings. The zero-order valence-electron chi connectivity index (χ0n) is 37.4. The fourth-order valence-electron chi connectivity index (χ4n) is 12.2. The Balaban J connectivity index is 1.10. The van der Waals surface area contributed by atoms with Crippen molar-refractivity contribution in [2.75, 3.05) is 10.2 Å². The summed E-state index contributed by atoms with van der Waals surface area (Å²) < 4.78 is 6.64. The molecule has 0 radical (unpaired) electrons. The van der Waals surface area contributed by atoms with Crippen molar-refractivity contribution in [3.63, 3.8) is 0 Å². The largest absolute Gasteiger partial charge is 0.456 e. The predicted octanol–water partition coefficient (Wildman–Crippen LogP) is 14.4. The molecule has 2 aliphatic heterocycles. The van der Waals surface area contributed by atoms with Crippen molar-refractivity contribution >= 4 is 79.4 Å². The van der Waals surface area contributed by atoms with E-state index in [1.165, 1.54) is 84.1 Å². The van der Waals surface area contributed by atoms with Crippen LogP contribution in [0.1, 0.15) is 73.9 Å². The van der Waals surface area contributed by atoms with Crippen LogP contribution in [0.25, 0.3) is 43.8 Å². The molecule has 312 valence electrons. The lowest BCUT2D eigenvalue weighted by atomic mass is 9.54. The fraction of sp³-hybridized carbons (Fsp3) is 0.148. The van der Waals surface area contributed by atoms with E-state index in [2.05, 4.69) is 226 Å². The van der Waals surface area contributed by atoms with Gasteiger partial charge in [0.2, 0.25) is 0 Å². The molecule has 3 nitrogen and oxygen atoms in total. The SMILES string of the molecule is CC1(C)CCC(C)(C)c2cc(Nc3c(-c4cc5ccccc5c5c4Bc4cccc6c4N5c4ccccc4C6(c4ccccc4)c4ccccc4)ccc4oc5ccccc5c34)ccc21. The summed E-state index contributed by atoms with van der Waals surface area (Å²) in [6.07, 6.45) is 2.34. The molecule has 0 amide bonds. The third kappa shape index (κ3) is 5.43. The van der Waals surface area contributed by atoms with Gasteiger partial charge in [0.05, 0.1) is 22.2 Å². The van der Waals surface area contributed by atoms with Gasteiger partial charge in [-0.2, -0.15) is 0 Å². The number of nitrogens with one attached hydrogen (secondary N) is 1. The first kappa shape index (κ1) is 38.2. The molecular formula is C61H49BN2O. The normalized spacial score (nSPS) is 16.0. The standard InChI is InChI=1S/C61H49BN2O/c1-59(2)34-35-60(3,4)49-37-41(30-32-46(49)59)63-56-43(31-33-53-54(56)44-24-13-16-29-52(44)65-53)45-36-38-18-11-12-23-42(38)57-55(45)62-50-27-17-26-48-58(50)64(57)51-28-15-14-25-47(51)61(48,39-19-7-5-8-20-39)40-21-9-6-10-22-40/h5-33,36-37,62-63H,34-35H2,1-4H3. The highest BCUT2D eigenvalue weighted by Crippen LogP contribution is 2.59. The monoisotopic (exact) mass is 836 g/mol. The second kappa shape index (κ2) is 13.9. The Hall–Kier alpha value is -7.30. The van der Waals surface area contributed by atoms with Crippen molar-refractivity contribution in [2.24, 2.45) is 0 Å². The number of rotatable bonds is 5. The van der Waals surface area contributed by atoms with Crippen molar-refractivity contribution < 1.29 is 4.42 Å². The van der Waals surface area contributed by atoms with Crippen LogP contribution in [0.5, 0.6) is 0 Å². The Morgan fingerprint density at radius 3 is 1.95 bits per heavy atom. The predicted molar refractivity (Wildman–Crippen MR) is 275 cm³/mol. The van der Waals surface area contributed by atoms with Crippen LogP contribution >= 0.6 is 0 Å². The zero-order chi connectivity index (χ0) is 43.7. The molecular weight excluding hydrogens is 787 g/mol. The summed E-state index contributed by atoms with van der Waals surface area (Å²) in [7, 11) is 0.780. The molecule has 1 aromatic heterocycles. The molecule has 3 heterocycles. The third-order valence-electron chi connectivity index (χ3n) is 15.4. The Kier molecular flexibility index (Phi) is 8.14. The van der Waals surface area contributed by atoms with Crippen LogP contribution < -0.4 is 21.1 Å². The Morgan fingerprint density at radius 1 is 0.508 bits per heavy atom. The first-order valence-corrected chi connectivity index (χ1v) is 23.3. The summed E-state index contributed by atoms with van der Waals surface area (Å²) in [5, 5.41) is 8.79. The molecule has 0 spiro atoms. The highest BCUT2D eigenvalue weighted by Gasteiger charge is 2.49. The van der Waals surface area contributed by atoms with Crippen LogP contribution in [-0.2, 0) is 16.2 Å². The van der Waals surface area contributed by atoms with Crippen molar-refractivity contribution in [3.8, 4) is 11.1 Å². The molecule has 0 unspecified atom stereocenters. The van der Waals surface area contributed by atoms with E-state index in [9.17, 15) is 0 Å². The number of fused-ring (bicyclic) bond motifs is 10. The van der Waals surface area contributed by atoms with Gasteiger partial charge < -0.3 is 14.6 Å². The molecule has 0 atom stereocenters. The molecule has 0 fully saturated rings. The molecule has 0 saturated carbocycles. The average molecular weight is 837 g/mol. The van der Waals surface area contributed by atoms with E-state index in [4.69, 9.17) is 4.42 Å². The van der Waals surface area contributed by atoms with Crippen molar-refractivity contribution in [1.29, 1.82) is 0 Å². The molecule has 4 heteroatoms. The van der Waals surface area contributed by atoms with Gasteiger partial charge in [0, 0.05) is 33.4 Å². The van der Waals surface area contributed by atoms with Crippen LogP contribution in [0.4, 0.5) is 28.4 Å². The highest BCUT2D eigenvalue weighted by atomic mass is 16.3. The first-order chi connectivity index (χ1) is 31.7. The van der Waals surface area contributed by atoms with Gasteiger partial charge in [0.25, 0.3) is 0 Å². The van der Waals surface area contributed by atoms with Crippen LogP contribution in [0.15, 0.2) is 192 Å². The minimum Gasteiger partial charge on any atom is -0.456 e. The topological polar surface area (TPSA) is 28.4 Å². The summed E-state index contributed by atoms with van der Waals surface area (Å²) in [6, 6.07) is 70.1. The van der Waals surface area contributed by atoms with E-state index < -0.39 is 5.41 Å². The second-order valence-corrected chi connectivity index (χ2v) is 19.9. The summed E-state index contributed by atoms with van der Waals surface area (Å²) >= 11 is 0. The van der Waals surface area contributed by atoms with Gasteiger partial charge in [-0.05, 0) is 116 Å². The lowest BCUT2D eigenvalue weighted by Gasteiger charge is -2.49. The smallest absolute Gasteiger partial charge is 0.198 e. The van der Waals surface area contributed by atoms with Crippen molar-refractivity contribution in [3.05, 3.63) is 221 Å². The minimum absolute atomic E-state index is 0.0761. The summed E-state index contributed by atoms with van der Waals surface area (Å²) in [6.45, 7) is 9.62. The van der Waals surface area contributed by atoms with E-state index in [0.29, 0.717) is 0 Å². The van der Waals surface area contributed by atoms with E-state index in [0.717, 1.165) is 52.6 Å². The molecule has 0 bridgehead atoms. The Bertz CT molecular complexity index is 3530. The van der Waals surface area contributed by atoms with E-state index in [1.54, 1.807) is 0 Å². The van der Waals surface area contributed by atoms with E-state index in [1.807, 2.05) is 0 Å². The number of para-hydroxylation sites is 3. The number of furan rings is 1. The Labute approximate surface area is 381 Å². The van der Waals surface area contributed by atoms with Crippen LogP contribution in [0, 0.1) is 0 Å². The Morgan fingerprint density at radius 2 is 1.17 bits per heavy atom. The molecule has 1 N–H and O–H groups in total. The van der Waals surface area contributed by atoms with Gasteiger partial charge in [-0.15, -0.1) is 0 Å². The van der Waals surface area contributed by atoms with E-state index >= 15 is 0 Å². The summed E-state index contributed by atoms with van der Waals surface area (Å²) in [5.74, 6) is 0. The highest BCUT2D eigenvalue weighted by molar-refractivity contribution is 6.74. The number of benzene rings is 9. The molecule has 3 aliphatic rings. The third-order valence-corrected chi connectivity index (χ3v) is 15.4. The molecule has 9 aromatic carbocycles. The average Bonchev–Trinajstić information content (AvgIpc) is 3.73. The van der Waals surface area contributed by atoms with Gasteiger partial charge in [0.1, 0.15) is 11.2 Å². The van der Waals surface area contributed by atoms with Crippen LogP contribution in [-0.4, -0.2) is 7.28 Å². The number of anilines is 5. The second-order valence-electron chi connectivity index (χ2n) is 19.9. The number of hydrogen-bond acceptors (Lipinski definition) is 3. The number of nitrogens with zero attached hydrogens (tertiary/aromatic N) is 1. The molecule has 1 aliphatic carbocycles. The fourth-order valence-corrected chi connectivity index (χ4v) is 12.2. The quantitative estimate of drug-likeness (QED) is 0.175. The van der Waals surface area contributed by atoms with Crippen molar-refractivity contribution in [1.82, 2.24) is 0 Å². The van der Waals surface area contributed by atoms with Crippen LogP contribution in [0.2, 0.25) is 0 Å².